The van der Waals surface area contributed by atoms with Crippen LogP contribution in [0, 0.1) is 6.92 Å². The molecule has 0 fully saturated rings. The molecule has 0 saturated heterocycles. The first kappa shape index (κ1) is 15.8. The quantitative estimate of drug-likeness (QED) is 0.699. The van der Waals surface area contributed by atoms with E-state index in [0.717, 1.165) is 16.8 Å². The fraction of sp³-hybridized carbons (Fsp3) is 0.188. The normalized spacial score (nSPS) is 12.3. The lowest BCUT2D eigenvalue weighted by Crippen LogP contribution is -2.23. The number of H-pyrrole nitrogens is 1. The monoisotopic (exact) mass is 346 g/mol. The highest BCUT2D eigenvalue weighted by Gasteiger charge is 2.18. The Labute approximate surface area is 142 Å². The Morgan fingerprint density at radius 3 is 2.96 bits per heavy atom. The van der Waals surface area contributed by atoms with Gasteiger partial charge in [0, 0.05) is 16.9 Å². The Bertz CT molecular complexity index is 831. The smallest absolute Gasteiger partial charge is 0.237 e. The van der Waals surface area contributed by atoms with Crippen LogP contribution >= 0.6 is 23.4 Å². The molecule has 0 aliphatic heterocycles. The summed E-state index contributed by atoms with van der Waals surface area (Å²) < 4.78 is 0. The van der Waals surface area contributed by atoms with E-state index in [9.17, 15) is 4.79 Å². The fourth-order valence-corrected chi connectivity index (χ4v) is 3.06. The summed E-state index contributed by atoms with van der Waals surface area (Å²) in [6, 6.07) is 9.19. The second kappa shape index (κ2) is 6.60. The number of rotatable bonds is 4. The second-order valence-electron chi connectivity index (χ2n) is 5.08. The molecule has 5 nitrogen and oxygen atoms in total. The SMILES string of the molecule is Cc1c(Cl)cccc1NC(=O)[C@H](C)Sc1nc2ncccc2[nH]1. The molecule has 0 bridgehead atoms. The third kappa shape index (κ3) is 3.48. The van der Waals surface area contributed by atoms with Gasteiger partial charge in [-0.05, 0) is 43.7 Å². The van der Waals surface area contributed by atoms with Crippen LogP contribution in [-0.4, -0.2) is 26.1 Å². The fourth-order valence-electron chi connectivity index (χ4n) is 2.08. The Kier molecular flexibility index (Phi) is 4.54. The molecule has 0 spiro atoms. The van der Waals surface area contributed by atoms with Crippen molar-refractivity contribution in [2.45, 2.75) is 24.3 Å². The average molecular weight is 347 g/mol. The zero-order valence-corrected chi connectivity index (χ0v) is 14.2. The van der Waals surface area contributed by atoms with E-state index in [-0.39, 0.29) is 11.2 Å². The van der Waals surface area contributed by atoms with Crippen molar-refractivity contribution in [2.75, 3.05) is 5.32 Å². The summed E-state index contributed by atoms with van der Waals surface area (Å²) in [7, 11) is 0. The molecule has 0 unspecified atom stereocenters. The molecule has 118 valence electrons. The average Bonchev–Trinajstić information content (AvgIpc) is 2.93. The van der Waals surface area contributed by atoms with Gasteiger partial charge in [-0.25, -0.2) is 9.97 Å². The highest BCUT2D eigenvalue weighted by Crippen LogP contribution is 2.26. The molecule has 0 aliphatic carbocycles. The molecule has 0 saturated carbocycles. The maximum atomic E-state index is 12.4. The molecular weight excluding hydrogens is 332 g/mol. The summed E-state index contributed by atoms with van der Waals surface area (Å²) in [4.78, 5) is 24.1. The molecule has 0 radical (unpaired) electrons. The summed E-state index contributed by atoms with van der Waals surface area (Å²) in [6.07, 6.45) is 1.69. The summed E-state index contributed by atoms with van der Waals surface area (Å²) in [6.45, 7) is 3.71. The summed E-state index contributed by atoms with van der Waals surface area (Å²) in [5.41, 5.74) is 3.08. The number of anilines is 1. The van der Waals surface area contributed by atoms with E-state index >= 15 is 0 Å². The zero-order valence-electron chi connectivity index (χ0n) is 12.6. The number of hydrogen-bond acceptors (Lipinski definition) is 4. The highest BCUT2D eigenvalue weighted by atomic mass is 35.5. The first-order chi connectivity index (χ1) is 11.0. The molecule has 7 heteroatoms. The number of aromatic nitrogens is 3. The van der Waals surface area contributed by atoms with Crippen LogP contribution in [-0.2, 0) is 4.79 Å². The van der Waals surface area contributed by atoms with Crippen molar-refractivity contribution >= 4 is 46.1 Å². The van der Waals surface area contributed by atoms with Crippen LogP contribution in [0.5, 0.6) is 0 Å². The van der Waals surface area contributed by atoms with Gasteiger partial charge < -0.3 is 10.3 Å². The van der Waals surface area contributed by atoms with Crippen LogP contribution in [0.3, 0.4) is 0 Å². The van der Waals surface area contributed by atoms with E-state index in [0.29, 0.717) is 15.8 Å². The van der Waals surface area contributed by atoms with Crippen molar-refractivity contribution in [3.8, 4) is 0 Å². The van der Waals surface area contributed by atoms with Crippen molar-refractivity contribution in [1.29, 1.82) is 0 Å². The molecule has 2 heterocycles. The number of amides is 1. The number of nitrogens with zero attached hydrogens (tertiary/aromatic N) is 2. The number of hydrogen-bond donors (Lipinski definition) is 2. The van der Waals surface area contributed by atoms with Crippen LogP contribution in [0.2, 0.25) is 5.02 Å². The number of pyridine rings is 1. The van der Waals surface area contributed by atoms with E-state index in [1.165, 1.54) is 11.8 Å². The predicted molar refractivity (Wildman–Crippen MR) is 94.0 cm³/mol. The maximum Gasteiger partial charge on any atom is 0.237 e. The molecule has 3 rings (SSSR count). The number of benzene rings is 1. The van der Waals surface area contributed by atoms with Gasteiger partial charge in [-0.2, -0.15) is 0 Å². The first-order valence-electron chi connectivity index (χ1n) is 7.08. The third-order valence-corrected chi connectivity index (χ3v) is 4.81. The van der Waals surface area contributed by atoms with Gasteiger partial charge in [-0.15, -0.1) is 0 Å². The predicted octanol–water partition coefficient (Wildman–Crippen LogP) is 4.04. The molecule has 0 aliphatic rings. The number of halogens is 1. The summed E-state index contributed by atoms with van der Waals surface area (Å²) in [5.74, 6) is -0.103. The number of carbonyl (C=O) groups is 1. The number of carbonyl (C=O) groups excluding carboxylic acids is 1. The van der Waals surface area contributed by atoms with Crippen molar-refractivity contribution in [1.82, 2.24) is 15.0 Å². The molecule has 3 aromatic rings. The van der Waals surface area contributed by atoms with Gasteiger partial charge in [-0.1, -0.05) is 29.4 Å². The minimum atomic E-state index is -0.311. The highest BCUT2D eigenvalue weighted by molar-refractivity contribution is 8.00. The van der Waals surface area contributed by atoms with Crippen molar-refractivity contribution < 1.29 is 4.79 Å². The van der Waals surface area contributed by atoms with Crippen LogP contribution in [0.15, 0.2) is 41.7 Å². The number of fused-ring (bicyclic) bond motifs is 1. The van der Waals surface area contributed by atoms with E-state index in [1.807, 2.05) is 38.1 Å². The molecule has 1 atom stereocenters. The maximum absolute atomic E-state index is 12.4. The van der Waals surface area contributed by atoms with E-state index < -0.39 is 0 Å². The van der Waals surface area contributed by atoms with Gasteiger partial charge in [0.15, 0.2) is 10.8 Å². The lowest BCUT2D eigenvalue weighted by molar-refractivity contribution is -0.115. The molecular formula is C16H15ClN4OS. The largest absolute Gasteiger partial charge is 0.332 e. The van der Waals surface area contributed by atoms with E-state index in [2.05, 4.69) is 20.3 Å². The van der Waals surface area contributed by atoms with Gasteiger partial charge in [0.25, 0.3) is 0 Å². The van der Waals surface area contributed by atoms with Crippen molar-refractivity contribution in [3.63, 3.8) is 0 Å². The molecule has 1 amide bonds. The number of aromatic amines is 1. The number of thioether (sulfide) groups is 1. The van der Waals surface area contributed by atoms with Crippen LogP contribution in [0.25, 0.3) is 11.2 Å². The molecule has 2 aromatic heterocycles. The van der Waals surface area contributed by atoms with Crippen molar-refractivity contribution in [2.24, 2.45) is 0 Å². The Balaban J connectivity index is 1.71. The Morgan fingerprint density at radius 1 is 1.35 bits per heavy atom. The lowest BCUT2D eigenvalue weighted by atomic mass is 10.2. The van der Waals surface area contributed by atoms with Crippen LogP contribution in [0.4, 0.5) is 5.69 Å². The second-order valence-corrected chi connectivity index (χ2v) is 6.81. The first-order valence-corrected chi connectivity index (χ1v) is 8.33. The lowest BCUT2D eigenvalue weighted by Gasteiger charge is -2.13. The summed E-state index contributed by atoms with van der Waals surface area (Å²) >= 11 is 7.43. The van der Waals surface area contributed by atoms with Gasteiger partial charge in [-0.3, -0.25) is 4.79 Å². The van der Waals surface area contributed by atoms with Gasteiger partial charge >= 0.3 is 0 Å². The van der Waals surface area contributed by atoms with Crippen LogP contribution < -0.4 is 5.32 Å². The summed E-state index contributed by atoms with van der Waals surface area (Å²) in [5, 5.41) is 3.89. The molecule has 2 N–H and O–H groups in total. The van der Waals surface area contributed by atoms with Crippen molar-refractivity contribution in [3.05, 3.63) is 47.1 Å². The minimum absolute atomic E-state index is 0.103. The standard InChI is InChI=1S/C16H15ClN4OS/c1-9-11(17)5-3-6-12(9)19-15(22)10(2)23-16-20-13-7-4-8-18-14(13)21-16/h3-8,10H,1-2H3,(H,19,22)(H,18,20,21)/t10-/m0/s1. The zero-order chi connectivity index (χ0) is 16.4. The Hall–Kier alpha value is -2.05. The van der Waals surface area contributed by atoms with Gasteiger partial charge in [0.1, 0.15) is 0 Å². The Morgan fingerprint density at radius 2 is 2.17 bits per heavy atom. The van der Waals surface area contributed by atoms with Crippen LogP contribution in [0.1, 0.15) is 12.5 Å². The number of nitrogens with one attached hydrogen (secondary N) is 2. The minimum Gasteiger partial charge on any atom is -0.332 e. The molecule has 1 aromatic carbocycles. The van der Waals surface area contributed by atoms with Gasteiger partial charge in [0.2, 0.25) is 5.91 Å². The van der Waals surface area contributed by atoms with E-state index in [4.69, 9.17) is 11.6 Å². The number of imidazole rings is 1. The third-order valence-electron chi connectivity index (χ3n) is 3.42. The molecule has 23 heavy (non-hydrogen) atoms. The van der Waals surface area contributed by atoms with E-state index in [1.54, 1.807) is 12.3 Å². The topological polar surface area (TPSA) is 70.7 Å². The van der Waals surface area contributed by atoms with Gasteiger partial charge in [0.05, 0.1) is 10.8 Å².